The van der Waals surface area contributed by atoms with Crippen LogP contribution >= 0.6 is 0 Å². The number of rotatable bonds is 12. The molecule has 1 aromatic carbocycles. The predicted octanol–water partition coefficient (Wildman–Crippen LogP) is 3.40. The van der Waals surface area contributed by atoms with Gasteiger partial charge >= 0.3 is 0 Å². The second-order valence-corrected chi connectivity index (χ2v) is 6.33. The molecule has 0 spiro atoms. The smallest absolute Gasteiger partial charge is 0.248 e. The van der Waals surface area contributed by atoms with Crippen molar-refractivity contribution in [2.45, 2.75) is 12.8 Å². The van der Waals surface area contributed by atoms with E-state index in [9.17, 15) is 4.39 Å². The minimum Gasteiger partial charge on any atom is -0.491 e. The average Bonchev–Trinajstić information content (AvgIpc) is 3.26. The summed E-state index contributed by atoms with van der Waals surface area (Å²) in [5.74, 6) is 1.76. The maximum absolute atomic E-state index is 11.9. The van der Waals surface area contributed by atoms with Gasteiger partial charge in [0.05, 0.1) is 26.4 Å². The molecule has 1 aromatic heterocycles. The van der Waals surface area contributed by atoms with Gasteiger partial charge in [-0.05, 0) is 43.2 Å². The Bertz CT molecular complexity index is 818. The van der Waals surface area contributed by atoms with Crippen LogP contribution in [-0.2, 0) is 9.47 Å². The molecule has 3 rings (SSSR count). The predicted molar refractivity (Wildman–Crippen MR) is 107 cm³/mol. The normalized spacial score (nSPS) is 13.7. The van der Waals surface area contributed by atoms with Gasteiger partial charge in [0.25, 0.3) is 0 Å². The van der Waals surface area contributed by atoms with Crippen LogP contribution in [0, 0.1) is 0 Å². The van der Waals surface area contributed by atoms with Gasteiger partial charge in [0.1, 0.15) is 19.0 Å². The number of alkyl halides is 1. The third kappa shape index (κ3) is 6.40. The zero-order chi connectivity index (χ0) is 20.3. The first-order valence-electron chi connectivity index (χ1n) is 9.66. The number of nitrogens with one attached hydrogen (secondary N) is 1. The molecule has 8 heteroatoms. The Kier molecular flexibility index (Phi) is 8.21. The van der Waals surface area contributed by atoms with Crippen LogP contribution < -0.4 is 10.1 Å². The van der Waals surface area contributed by atoms with Crippen molar-refractivity contribution in [3.05, 3.63) is 48.0 Å². The number of allylic oxidation sites excluding steroid dienone is 4. The lowest BCUT2D eigenvalue weighted by molar-refractivity contribution is 0.0325. The van der Waals surface area contributed by atoms with Crippen molar-refractivity contribution in [1.29, 1.82) is 0 Å². The molecule has 0 saturated carbocycles. The molecule has 1 heterocycles. The van der Waals surface area contributed by atoms with Crippen LogP contribution in [0.25, 0.3) is 17.0 Å². The van der Waals surface area contributed by atoms with E-state index in [4.69, 9.17) is 18.6 Å². The molecule has 29 heavy (non-hydrogen) atoms. The fraction of sp³-hybridized carbons (Fsp3) is 0.429. The Morgan fingerprint density at radius 3 is 2.34 bits per heavy atom. The van der Waals surface area contributed by atoms with Crippen LogP contribution in [0.5, 0.6) is 5.75 Å². The highest BCUT2D eigenvalue weighted by atomic mass is 19.1. The maximum atomic E-state index is 11.9. The highest BCUT2D eigenvalue weighted by molar-refractivity contribution is 5.64. The molecule has 0 aliphatic heterocycles. The van der Waals surface area contributed by atoms with Crippen LogP contribution in [0.3, 0.4) is 0 Å². The van der Waals surface area contributed by atoms with E-state index >= 15 is 0 Å². The standard InChI is InChI=1S/C21H26FN3O4/c1-23-18-6-2-16(3-7-18)20-24-25-21(29-20)17-4-8-19(9-5-17)28-15-14-27-13-12-26-11-10-22/h2,4-6,8-9,23H,3,7,10-15H2,1H3. The van der Waals surface area contributed by atoms with Gasteiger partial charge in [-0.3, -0.25) is 0 Å². The maximum Gasteiger partial charge on any atom is 0.248 e. The topological polar surface area (TPSA) is 78.6 Å². The molecular weight excluding hydrogens is 377 g/mol. The highest BCUT2D eigenvalue weighted by Gasteiger charge is 2.15. The van der Waals surface area contributed by atoms with Crippen molar-refractivity contribution >= 4 is 5.57 Å². The van der Waals surface area contributed by atoms with Gasteiger partial charge in [-0.15, -0.1) is 10.2 Å². The molecule has 0 atom stereocenters. The van der Waals surface area contributed by atoms with Crippen LogP contribution in [0.2, 0.25) is 0 Å². The fourth-order valence-corrected chi connectivity index (χ4v) is 2.78. The Morgan fingerprint density at radius 1 is 0.931 bits per heavy atom. The summed E-state index contributed by atoms with van der Waals surface area (Å²) in [5, 5.41) is 11.5. The summed E-state index contributed by atoms with van der Waals surface area (Å²) in [6, 6.07) is 7.47. The molecule has 2 aromatic rings. The van der Waals surface area contributed by atoms with Crippen LogP contribution in [0.1, 0.15) is 18.7 Å². The van der Waals surface area contributed by atoms with Crippen molar-refractivity contribution < 1.29 is 23.0 Å². The van der Waals surface area contributed by atoms with E-state index in [0.717, 1.165) is 29.7 Å². The number of benzene rings is 1. The summed E-state index contributed by atoms with van der Waals surface area (Å²) in [4.78, 5) is 0. The lowest BCUT2D eigenvalue weighted by atomic mass is 10.0. The van der Waals surface area contributed by atoms with E-state index in [0.29, 0.717) is 38.2 Å². The minimum atomic E-state index is -0.475. The number of aromatic nitrogens is 2. The number of ether oxygens (including phenoxy) is 3. The van der Waals surface area contributed by atoms with Gasteiger partial charge < -0.3 is 23.9 Å². The minimum absolute atomic E-state index is 0.111. The molecule has 0 amide bonds. The molecule has 0 radical (unpaired) electrons. The lowest BCUT2D eigenvalue weighted by Crippen LogP contribution is -2.11. The molecule has 156 valence electrons. The quantitative estimate of drug-likeness (QED) is 0.544. The number of hydrogen-bond donors (Lipinski definition) is 1. The summed E-state index contributed by atoms with van der Waals surface area (Å²) in [7, 11) is 1.92. The van der Waals surface area contributed by atoms with E-state index < -0.39 is 6.67 Å². The van der Waals surface area contributed by atoms with Gasteiger partial charge in [-0.2, -0.15) is 0 Å². The van der Waals surface area contributed by atoms with E-state index in [-0.39, 0.29) is 6.61 Å². The van der Waals surface area contributed by atoms with Crippen molar-refractivity contribution in [2.24, 2.45) is 0 Å². The third-order valence-electron chi connectivity index (χ3n) is 4.36. The summed E-state index contributed by atoms with van der Waals surface area (Å²) in [6.45, 7) is 1.30. The Hall–Kier alpha value is -2.71. The summed E-state index contributed by atoms with van der Waals surface area (Å²) in [6.07, 6.45) is 5.85. The third-order valence-corrected chi connectivity index (χ3v) is 4.36. The molecule has 1 aliphatic rings. The lowest BCUT2D eigenvalue weighted by Gasteiger charge is -2.11. The van der Waals surface area contributed by atoms with Gasteiger partial charge in [0, 0.05) is 23.9 Å². The largest absolute Gasteiger partial charge is 0.491 e. The zero-order valence-corrected chi connectivity index (χ0v) is 16.5. The van der Waals surface area contributed by atoms with Crippen LogP contribution in [0.15, 0.2) is 46.5 Å². The molecule has 1 aliphatic carbocycles. The number of halogens is 1. The van der Waals surface area contributed by atoms with Crippen LogP contribution in [-0.4, -0.2) is 57.0 Å². The first-order valence-corrected chi connectivity index (χ1v) is 9.66. The van der Waals surface area contributed by atoms with Gasteiger partial charge in [0.15, 0.2) is 0 Å². The Labute approximate surface area is 169 Å². The summed E-state index contributed by atoms with van der Waals surface area (Å²) >= 11 is 0. The van der Waals surface area contributed by atoms with Gasteiger partial charge in [-0.1, -0.05) is 6.08 Å². The zero-order valence-electron chi connectivity index (χ0n) is 16.5. The number of hydrogen-bond acceptors (Lipinski definition) is 7. The van der Waals surface area contributed by atoms with Crippen LogP contribution in [0.4, 0.5) is 4.39 Å². The number of nitrogens with zero attached hydrogens (tertiary/aromatic N) is 2. The summed E-state index contributed by atoms with van der Waals surface area (Å²) < 4.78 is 33.7. The highest BCUT2D eigenvalue weighted by Crippen LogP contribution is 2.28. The van der Waals surface area contributed by atoms with Crippen molar-refractivity contribution in [1.82, 2.24) is 15.5 Å². The first kappa shape index (κ1) is 21.0. The van der Waals surface area contributed by atoms with Crippen molar-refractivity contribution in [2.75, 3.05) is 46.8 Å². The molecular formula is C21H26FN3O4. The Balaban J connectivity index is 1.45. The molecule has 0 unspecified atom stereocenters. The van der Waals surface area contributed by atoms with E-state index in [1.807, 2.05) is 43.5 Å². The molecule has 0 bridgehead atoms. The van der Waals surface area contributed by atoms with E-state index in [1.54, 1.807) is 0 Å². The molecule has 1 N–H and O–H groups in total. The van der Waals surface area contributed by atoms with E-state index in [2.05, 4.69) is 15.5 Å². The monoisotopic (exact) mass is 403 g/mol. The van der Waals surface area contributed by atoms with Crippen molar-refractivity contribution in [3.63, 3.8) is 0 Å². The Morgan fingerprint density at radius 2 is 1.66 bits per heavy atom. The van der Waals surface area contributed by atoms with Crippen molar-refractivity contribution in [3.8, 4) is 17.2 Å². The van der Waals surface area contributed by atoms with E-state index in [1.165, 1.54) is 5.70 Å². The fourth-order valence-electron chi connectivity index (χ4n) is 2.78. The van der Waals surface area contributed by atoms with Gasteiger partial charge in [-0.25, -0.2) is 4.39 Å². The summed E-state index contributed by atoms with van der Waals surface area (Å²) in [5.41, 5.74) is 3.07. The second kappa shape index (κ2) is 11.3. The molecule has 7 nitrogen and oxygen atoms in total. The second-order valence-electron chi connectivity index (χ2n) is 6.33. The average molecular weight is 403 g/mol. The SMILES string of the molecule is CNC1=CC=C(c2nnc(-c3ccc(OCCOCCOCCF)cc3)o2)CC1. The van der Waals surface area contributed by atoms with Gasteiger partial charge in [0.2, 0.25) is 11.8 Å². The first-order chi connectivity index (χ1) is 14.3. The molecule has 0 fully saturated rings. The molecule has 0 saturated heterocycles.